The first-order valence-electron chi connectivity index (χ1n) is 9.84. The lowest BCUT2D eigenvalue weighted by molar-refractivity contribution is -0.100. The van der Waals surface area contributed by atoms with E-state index in [1.54, 1.807) is 44.2 Å². The molecule has 0 aliphatic carbocycles. The lowest BCUT2D eigenvalue weighted by Gasteiger charge is -2.46. The number of methoxy groups -OCH3 is 2. The van der Waals surface area contributed by atoms with E-state index in [4.69, 9.17) is 18.6 Å². The molecule has 2 atom stereocenters. The van der Waals surface area contributed by atoms with Crippen LogP contribution >= 0.6 is 0 Å². The largest absolute Gasteiger partial charge is 0.485 e. The number of nitriles is 1. The van der Waals surface area contributed by atoms with Gasteiger partial charge in [0.2, 0.25) is 0 Å². The van der Waals surface area contributed by atoms with Gasteiger partial charge in [-0.1, -0.05) is 0 Å². The number of carbonyl (C=O) groups is 1. The van der Waals surface area contributed by atoms with Gasteiger partial charge in [0.15, 0.2) is 6.29 Å². The van der Waals surface area contributed by atoms with E-state index in [9.17, 15) is 15.2 Å². The molecule has 2 amide bonds. The lowest BCUT2D eigenvalue weighted by atomic mass is 9.85. The number of furan rings is 1. The highest BCUT2D eigenvalue weighted by Crippen LogP contribution is 2.43. The molecule has 1 aliphatic rings. The van der Waals surface area contributed by atoms with E-state index in [1.165, 1.54) is 25.4 Å². The first-order valence-corrected chi connectivity index (χ1v) is 9.84. The molecule has 3 rings (SSSR count). The van der Waals surface area contributed by atoms with E-state index < -0.39 is 30.1 Å². The number of fused-ring (bicyclic) bond motifs is 1. The van der Waals surface area contributed by atoms with Crippen LogP contribution in [0.3, 0.4) is 0 Å². The van der Waals surface area contributed by atoms with Crippen LogP contribution in [0.2, 0.25) is 0 Å². The molecular weight excluding hydrogens is 402 g/mol. The fourth-order valence-corrected chi connectivity index (χ4v) is 3.58. The number of benzene rings is 1. The van der Waals surface area contributed by atoms with Crippen LogP contribution in [0.25, 0.3) is 0 Å². The lowest BCUT2D eigenvalue weighted by Crippen LogP contribution is -2.56. The van der Waals surface area contributed by atoms with Gasteiger partial charge in [-0.3, -0.25) is 0 Å². The molecule has 9 nitrogen and oxygen atoms in total. The average molecular weight is 429 g/mol. The number of urea groups is 1. The molecule has 0 radical (unpaired) electrons. The highest BCUT2D eigenvalue weighted by molar-refractivity contribution is 5.75. The Labute approximate surface area is 181 Å². The Morgan fingerprint density at radius 3 is 2.71 bits per heavy atom. The first-order chi connectivity index (χ1) is 14.8. The quantitative estimate of drug-likeness (QED) is 0.650. The van der Waals surface area contributed by atoms with Crippen molar-refractivity contribution in [1.82, 2.24) is 10.2 Å². The molecule has 9 heteroatoms. The number of hydrogen-bond donors (Lipinski definition) is 2. The number of carbonyl (C=O) groups excluding carboxylic acids is 1. The van der Waals surface area contributed by atoms with E-state index >= 15 is 0 Å². The number of hydrogen-bond acceptors (Lipinski definition) is 7. The predicted octanol–water partition coefficient (Wildman–Crippen LogP) is 2.55. The molecule has 1 aliphatic heterocycles. The Kier molecular flexibility index (Phi) is 6.85. The molecule has 0 fully saturated rings. The molecule has 0 spiro atoms. The fraction of sp³-hybridized carbons (Fsp3) is 0.455. The number of amides is 2. The van der Waals surface area contributed by atoms with Crippen molar-refractivity contribution in [3.63, 3.8) is 0 Å². The second kappa shape index (κ2) is 9.39. The molecule has 2 N–H and O–H groups in total. The van der Waals surface area contributed by atoms with Gasteiger partial charge in [0, 0.05) is 19.8 Å². The van der Waals surface area contributed by atoms with Crippen molar-refractivity contribution in [2.75, 3.05) is 20.8 Å². The minimum atomic E-state index is -1.07. The van der Waals surface area contributed by atoms with Crippen LogP contribution in [0.15, 0.2) is 41.0 Å². The number of nitrogens with zero attached hydrogens (tertiary/aromatic N) is 2. The Balaban J connectivity index is 2.02. The summed E-state index contributed by atoms with van der Waals surface area (Å²) in [5.74, 6) is 1.04. The molecule has 2 unspecified atom stereocenters. The predicted molar refractivity (Wildman–Crippen MR) is 110 cm³/mol. The van der Waals surface area contributed by atoms with Gasteiger partial charge in [0.05, 0.1) is 37.0 Å². The highest BCUT2D eigenvalue weighted by atomic mass is 16.7. The third-order valence-corrected chi connectivity index (χ3v) is 5.29. The van der Waals surface area contributed by atoms with Gasteiger partial charge in [0.25, 0.3) is 0 Å². The molecule has 0 saturated carbocycles. The Hall–Kier alpha value is -3.06. The van der Waals surface area contributed by atoms with E-state index in [2.05, 4.69) is 11.4 Å². The molecular formula is C22H27N3O6. The molecule has 166 valence electrons. The van der Waals surface area contributed by atoms with Crippen molar-refractivity contribution >= 4 is 6.03 Å². The van der Waals surface area contributed by atoms with Crippen molar-refractivity contribution in [2.45, 2.75) is 44.4 Å². The van der Waals surface area contributed by atoms with Gasteiger partial charge in [-0.15, -0.1) is 0 Å². The molecule has 0 bridgehead atoms. The summed E-state index contributed by atoms with van der Waals surface area (Å²) < 4.78 is 21.7. The maximum Gasteiger partial charge on any atom is 0.318 e. The molecule has 2 aromatic rings. The second-order valence-corrected chi connectivity index (χ2v) is 7.75. The van der Waals surface area contributed by atoms with Gasteiger partial charge in [0.1, 0.15) is 23.2 Å². The van der Waals surface area contributed by atoms with Gasteiger partial charge < -0.3 is 34.0 Å². The third kappa shape index (κ3) is 4.82. The van der Waals surface area contributed by atoms with Crippen LogP contribution in [0, 0.1) is 11.3 Å². The first kappa shape index (κ1) is 22.6. The van der Waals surface area contributed by atoms with Crippen molar-refractivity contribution in [2.24, 2.45) is 0 Å². The van der Waals surface area contributed by atoms with Crippen molar-refractivity contribution in [3.05, 3.63) is 53.5 Å². The maximum atomic E-state index is 13.3. The minimum Gasteiger partial charge on any atom is -0.485 e. The summed E-state index contributed by atoms with van der Waals surface area (Å²) in [6.07, 6.45) is -0.179. The van der Waals surface area contributed by atoms with Gasteiger partial charge in [-0.05, 0) is 44.2 Å². The Morgan fingerprint density at radius 1 is 1.35 bits per heavy atom. The molecule has 31 heavy (non-hydrogen) atoms. The monoisotopic (exact) mass is 429 g/mol. The normalized spacial score (nSPS) is 19.3. The van der Waals surface area contributed by atoms with Crippen molar-refractivity contribution < 1.29 is 28.5 Å². The standard InChI is InChI=1S/C22H27N3O6/c1-22(2)20(26)19(16-10-14(11-23)7-8-17(16)31-22)25(13-15-6-5-9-30-15)21(27)24-12-18(28-3)29-4/h5-10,18-20,26H,12-13H2,1-4H3,(H,24,27). The second-order valence-electron chi connectivity index (χ2n) is 7.75. The molecule has 1 aromatic heterocycles. The number of ether oxygens (including phenoxy) is 3. The fourth-order valence-electron chi connectivity index (χ4n) is 3.58. The van der Waals surface area contributed by atoms with Gasteiger partial charge in [-0.2, -0.15) is 5.26 Å². The zero-order valence-corrected chi connectivity index (χ0v) is 18.0. The van der Waals surface area contributed by atoms with Crippen LogP contribution in [-0.2, 0) is 16.0 Å². The summed E-state index contributed by atoms with van der Waals surface area (Å²) >= 11 is 0. The van der Waals surface area contributed by atoms with Crippen LogP contribution < -0.4 is 10.1 Å². The zero-order chi connectivity index (χ0) is 22.6. The summed E-state index contributed by atoms with van der Waals surface area (Å²) in [6, 6.07) is 9.28. The highest BCUT2D eigenvalue weighted by Gasteiger charge is 2.47. The Morgan fingerprint density at radius 2 is 2.10 bits per heavy atom. The summed E-state index contributed by atoms with van der Waals surface area (Å²) in [5.41, 5.74) is -0.0335. The van der Waals surface area contributed by atoms with Crippen LogP contribution in [-0.4, -0.2) is 54.8 Å². The van der Waals surface area contributed by atoms with Crippen molar-refractivity contribution in [1.29, 1.82) is 5.26 Å². The number of rotatable bonds is 7. The molecule has 2 heterocycles. The van der Waals surface area contributed by atoms with Crippen LogP contribution in [0.5, 0.6) is 5.75 Å². The minimum absolute atomic E-state index is 0.0947. The van der Waals surface area contributed by atoms with E-state index in [0.29, 0.717) is 22.6 Å². The van der Waals surface area contributed by atoms with E-state index in [-0.39, 0.29) is 13.1 Å². The summed E-state index contributed by atoms with van der Waals surface area (Å²) in [6.45, 7) is 3.70. The van der Waals surface area contributed by atoms with Crippen molar-refractivity contribution in [3.8, 4) is 11.8 Å². The van der Waals surface area contributed by atoms with Crippen LogP contribution in [0.4, 0.5) is 4.79 Å². The third-order valence-electron chi connectivity index (χ3n) is 5.29. The summed E-state index contributed by atoms with van der Waals surface area (Å²) in [7, 11) is 2.96. The molecule has 1 aromatic carbocycles. The SMILES string of the molecule is COC(CNC(=O)N(Cc1ccco1)C1c2cc(C#N)ccc2OC(C)(C)C1O)OC. The van der Waals surface area contributed by atoms with E-state index in [0.717, 1.165) is 0 Å². The number of aliphatic hydroxyl groups excluding tert-OH is 1. The number of nitrogens with one attached hydrogen (secondary N) is 1. The summed E-state index contributed by atoms with van der Waals surface area (Å²) in [5, 5.41) is 23.4. The number of aliphatic hydroxyl groups is 1. The topological polar surface area (TPSA) is 117 Å². The Bertz CT molecular complexity index is 933. The zero-order valence-electron chi connectivity index (χ0n) is 18.0. The van der Waals surface area contributed by atoms with Gasteiger partial charge >= 0.3 is 6.03 Å². The maximum absolute atomic E-state index is 13.3. The summed E-state index contributed by atoms with van der Waals surface area (Å²) in [4.78, 5) is 14.7. The average Bonchev–Trinajstić information content (AvgIpc) is 3.27. The van der Waals surface area contributed by atoms with E-state index in [1.807, 2.05) is 0 Å². The van der Waals surface area contributed by atoms with Gasteiger partial charge in [-0.25, -0.2) is 4.79 Å². The smallest absolute Gasteiger partial charge is 0.318 e. The van der Waals surface area contributed by atoms with Crippen LogP contribution in [0.1, 0.15) is 36.8 Å². The molecule has 0 saturated heterocycles.